The van der Waals surface area contributed by atoms with Gasteiger partial charge in [0, 0.05) is 23.5 Å². The Morgan fingerprint density at radius 2 is 1.94 bits per heavy atom. The van der Waals surface area contributed by atoms with E-state index in [-0.39, 0.29) is 0 Å². The third kappa shape index (κ3) is 1.65. The summed E-state index contributed by atoms with van der Waals surface area (Å²) in [5.74, 6) is 0. The number of halogens is 1. The van der Waals surface area contributed by atoms with Crippen LogP contribution >= 0.6 is 22.6 Å². The first-order valence-electron chi connectivity index (χ1n) is 5.99. The minimum atomic E-state index is 0.633. The van der Waals surface area contributed by atoms with E-state index in [2.05, 4.69) is 62.0 Å². The maximum atomic E-state index is 4.43. The van der Waals surface area contributed by atoms with Crippen LogP contribution < -0.4 is 0 Å². The minimum absolute atomic E-state index is 0.633. The summed E-state index contributed by atoms with van der Waals surface area (Å²) in [7, 11) is 0. The van der Waals surface area contributed by atoms with Gasteiger partial charge in [0.25, 0.3) is 0 Å². The molecule has 0 aromatic carbocycles. The lowest BCUT2D eigenvalue weighted by molar-refractivity contribution is 0.642. The van der Waals surface area contributed by atoms with Crippen molar-refractivity contribution in [1.82, 2.24) is 19.4 Å². The van der Waals surface area contributed by atoms with E-state index < -0.39 is 0 Å². The number of rotatable bonds is 2. The standard InChI is InChI=1S/C13H11IN4/c14-12-6-16-18-7-9(1-4-13(12)18)10-5-15-17(8-10)11-2-3-11/h1,4-8,11H,2-3H2. The van der Waals surface area contributed by atoms with Crippen molar-refractivity contribution in [3.63, 3.8) is 0 Å². The van der Waals surface area contributed by atoms with Crippen LogP contribution in [0.5, 0.6) is 0 Å². The van der Waals surface area contributed by atoms with Crippen LogP contribution in [0.3, 0.4) is 0 Å². The molecule has 0 saturated heterocycles. The van der Waals surface area contributed by atoms with Crippen molar-refractivity contribution < 1.29 is 0 Å². The predicted octanol–water partition coefficient (Wildman–Crippen LogP) is 3.14. The van der Waals surface area contributed by atoms with Crippen molar-refractivity contribution in [2.45, 2.75) is 18.9 Å². The molecule has 1 aliphatic carbocycles. The van der Waals surface area contributed by atoms with E-state index >= 15 is 0 Å². The van der Waals surface area contributed by atoms with Crippen LogP contribution in [0.2, 0.25) is 0 Å². The monoisotopic (exact) mass is 350 g/mol. The topological polar surface area (TPSA) is 35.1 Å². The van der Waals surface area contributed by atoms with E-state index in [0.717, 1.165) is 16.6 Å². The summed E-state index contributed by atoms with van der Waals surface area (Å²) in [6.45, 7) is 0. The van der Waals surface area contributed by atoms with E-state index in [1.54, 1.807) is 0 Å². The fourth-order valence-electron chi connectivity index (χ4n) is 2.15. The number of hydrogen-bond donors (Lipinski definition) is 0. The lowest BCUT2D eigenvalue weighted by atomic mass is 10.1. The van der Waals surface area contributed by atoms with E-state index in [1.807, 2.05) is 16.9 Å². The Kier molecular flexibility index (Phi) is 2.23. The SMILES string of the molecule is Ic1cnn2cc(-c3cnn(C4CC4)c3)ccc12. The predicted molar refractivity (Wildman–Crippen MR) is 77.4 cm³/mol. The summed E-state index contributed by atoms with van der Waals surface area (Å²) in [5, 5.41) is 8.77. The molecule has 4 nitrogen and oxygen atoms in total. The highest BCUT2D eigenvalue weighted by Gasteiger charge is 2.24. The van der Waals surface area contributed by atoms with Gasteiger partial charge in [0.15, 0.2) is 0 Å². The van der Waals surface area contributed by atoms with Crippen LogP contribution in [-0.4, -0.2) is 19.4 Å². The lowest BCUT2D eigenvalue weighted by Crippen LogP contribution is -1.92. The van der Waals surface area contributed by atoms with Gasteiger partial charge in [-0.15, -0.1) is 0 Å². The van der Waals surface area contributed by atoms with E-state index in [1.165, 1.54) is 16.4 Å². The maximum absolute atomic E-state index is 4.43. The molecule has 5 heteroatoms. The molecule has 0 unspecified atom stereocenters. The van der Waals surface area contributed by atoms with E-state index in [9.17, 15) is 0 Å². The Hall–Kier alpha value is -1.37. The zero-order valence-corrected chi connectivity index (χ0v) is 11.8. The van der Waals surface area contributed by atoms with Gasteiger partial charge in [0.05, 0.1) is 27.5 Å². The molecular formula is C13H11IN4. The van der Waals surface area contributed by atoms with Gasteiger partial charge in [-0.25, -0.2) is 4.52 Å². The Labute approximate surface area is 118 Å². The molecule has 4 rings (SSSR count). The summed E-state index contributed by atoms with van der Waals surface area (Å²) >= 11 is 2.30. The third-order valence-electron chi connectivity index (χ3n) is 3.32. The average Bonchev–Trinajstić information content (AvgIpc) is 3.01. The van der Waals surface area contributed by atoms with Gasteiger partial charge < -0.3 is 0 Å². The molecule has 3 heterocycles. The molecule has 3 aromatic rings. The molecule has 90 valence electrons. The highest BCUT2D eigenvalue weighted by atomic mass is 127. The molecule has 1 fully saturated rings. The Morgan fingerprint density at radius 3 is 2.78 bits per heavy atom. The van der Waals surface area contributed by atoms with E-state index in [4.69, 9.17) is 0 Å². The van der Waals surface area contributed by atoms with Crippen LogP contribution in [-0.2, 0) is 0 Å². The molecule has 1 saturated carbocycles. The van der Waals surface area contributed by atoms with Gasteiger partial charge in [0.1, 0.15) is 0 Å². The quantitative estimate of drug-likeness (QED) is 0.666. The summed E-state index contributed by atoms with van der Waals surface area (Å²) in [6.07, 6.45) is 10.5. The van der Waals surface area contributed by atoms with Crippen LogP contribution in [0, 0.1) is 3.57 Å². The highest BCUT2D eigenvalue weighted by Crippen LogP contribution is 2.35. The first-order chi connectivity index (χ1) is 8.81. The molecule has 0 bridgehead atoms. The van der Waals surface area contributed by atoms with Gasteiger partial charge in [-0.3, -0.25) is 4.68 Å². The second-order valence-corrected chi connectivity index (χ2v) is 5.84. The molecule has 0 aliphatic heterocycles. The number of fused-ring (bicyclic) bond motifs is 1. The van der Waals surface area contributed by atoms with Crippen molar-refractivity contribution in [2.24, 2.45) is 0 Å². The smallest absolute Gasteiger partial charge is 0.0795 e. The van der Waals surface area contributed by atoms with Crippen molar-refractivity contribution in [2.75, 3.05) is 0 Å². The fourth-order valence-corrected chi connectivity index (χ4v) is 2.70. The Morgan fingerprint density at radius 1 is 1.06 bits per heavy atom. The van der Waals surface area contributed by atoms with Crippen molar-refractivity contribution >= 4 is 28.1 Å². The Balaban J connectivity index is 1.80. The normalized spacial score (nSPS) is 15.4. The Bertz CT molecular complexity index is 724. The maximum Gasteiger partial charge on any atom is 0.0795 e. The molecule has 1 aliphatic rings. The van der Waals surface area contributed by atoms with Gasteiger partial charge >= 0.3 is 0 Å². The van der Waals surface area contributed by atoms with Crippen molar-refractivity contribution in [3.05, 3.63) is 40.5 Å². The summed E-state index contributed by atoms with van der Waals surface area (Å²) < 4.78 is 5.17. The highest BCUT2D eigenvalue weighted by molar-refractivity contribution is 14.1. The second-order valence-electron chi connectivity index (χ2n) is 4.68. The third-order valence-corrected chi connectivity index (χ3v) is 4.16. The zero-order valence-electron chi connectivity index (χ0n) is 9.62. The van der Waals surface area contributed by atoms with Gasteiger partial charge in [-0.2, -0.15) is 10.2 Å². The van der Waals surface area contributed by atoms with Crippen LogP contribution in [0.15, 0.2) is 36.9 Å². The molecule has 0 radical (unpaired) electrons. The van der Waals surface area contributed by atoms with Crippen LogP contribution in [0.1, 0.15) is 18.9 Å². The first-order valence-corrected chi connectivity index (χ1v) is 7.06. The van der Waals surface area contributed by atoms with Crippen LogP contribution in [0.4, 0.5) is 0 Å². The molecule has 18 heavy (non-hydrogen) atoms. The summed E-state index contributed by atoms with van der Waals surface area (Å²) in [5.41, 5.74) is 3.47. The first kappa shape index (κ1) is 10.5. The minimum Gasteiger partial charge on any atom is -0.269 e. The number of pyridine rings is 1. The lowest BCUT2D eigenvalue weighted by Gasteiger charge is -1.99. The fraction of sp³-hybridized carbons (Fsp3) is 0.231. The molecule has 3 aromatic heterocycles. The molecular weight excluding hydrogens is 339 g/mol. The molecule has 0 N–H and O–H groups in total. The zero-order chi connectivity index (χ0) is 12.1. The van der Waals surface area contributed by atoms with Crippen LogP contribution in [0.25, 0.3) is 16.6 Å². The number of nitrogens with zero attached hydrogens (tertiary/aromatic N) is 4. The van der Waals surface area contributed by atoms with Gasteiger partial charge in [-0.1, -0.05) is 6.07 Å². The number of hydrogen-bond acceptors (Lipinski definition) is 2. The molecule has 0 amide bonds. The second kappa shape index (κ2) is 3.81. The average molecular weight is 350 g/mol. The van der Waals surface area contributed by atoms with Crippen molar-refractivity contribution in [1.29, 1.82) is 0 Å². The number of aromatic nitrogens is 4. The largest absolute Gasteiger partial charge is 0.269 e. The van der Waals surface area contributed by atoms with Gasteiger partial charge in [-0.05, 0) is 41.5 Å². The van der Waals surface area contributed by atoms with Crippen molar-refractivity contribution in [3.8, 4) is 11.1 Å². The summed E-state index contributed by atoms with van der Waals surface area (Å²) in [6, 6.07) is 4.87. The summed E-state index contributed by atoms with van der Waals surface area (Å²) in [4.78, 5) is 0. The molecule has 0 atom stereocenters. The van der Waals surface area contributed by atoms with Gasteiger partial charge in [0.2, 0.25) is 0 Å². The molecule has 0 spiro atoms. The van der Waals surface area contributed by atoms with E-state index in [0.29, 0.717) is 6.04 Å².